The first kappa shape index (κ1) is 14.8. The van der Waals surface area contributed by atoms with E-state index in [0.717, 1.165) is 4.88 Å². The second-order valence-corrected chi connectivity index (χ2v) is 8.76. The monoisotopic (exact) mass is 343 g/mol. The zero-order chi connectivity index (χ0) is 15.2. The van der Waals surface area contributed by atoms with Gasteiger partial charge in [0.25, 0.3) is 10.0 Å². The van der Waals surface area contributed by atoms with Crippen molar-refractivity contribution < 1.29 is 13.5 Å². The molecular formula is C14H14ClNO3S2. The molecule has 21 heavy (non-hydrogen) atoms. The number of nitrogens with zero attached hydrogens (tertiary/aromatic N) is 1. The second kappa shape index (κ2) is 5.28. The Bertz CT molecular complexity index is 785. The van der Waals surface area contributed by atoms with Crippen LogP contribution >= 0.6 is 22.9 Å². The van der Waals surface area contributed by atoms with Gasteiger partial charge in [-0.3, -0.25) is 4.31 Å². The van der Waals surface area contributed by atoms with Crippen LogP contribution in [0.25, 0.3) is 0 Å². The Morgan fingerprint density at radius 3 is 2.76 bits per heavy atom. The molecule has 1 atom stereocenters. The lowest BCUT2D eigenvalue weighted by Crippen LogP contribution is -2.36. The van der Waals surface area contributed by atoms with Gasteiger partial charge in [-0.05, 0) is 43.7 Å². The number of sulfonamides is 1. The first-order valence-electron chi connectivity index (χ1n) is 6.46. The topological polar surface area (TPSA) is 57.6 Å². The third-order valence-corrected chi connectivity index (χ3v) is 7.00. The van der Waals surface area contributed by atoms with E-state index in [9.17, 15) is 13.5 Å². The molecule has 0 amide bonds. The smallest absolute Gasteiger partial charge is 0.273 e. The summed E-state index contributed by atoms with van der Waals surface area (Å²) in [6.07, 6.45) is -0.327. The lowest BCUT2D eigenvalue weighted by Gasteiger charge is -2.32. The first-order valence-corrected chi connectivity index (χ1v) is 9.10. The fourth-order valence-electron chi connectivity index (χ4n) is 2.44. The number of rotatable bonds is 2. The highest BCUT2D eigenvalue weighted by atomic mass is 35.5. The number of aliphatic hydroxyl groups excluding tert-OH is 1. The molecule has 1 N–H and O–H groups in total. The molecule has 0 aliphatic carbocycles. The predicted molar refractivity (Wildman–Crippen MR) is 84.6 cm³/mol. The number of aliphatic hydroxyl groups is 1. The average molecular weight is 344 g/mol. The van der Waals surface area contributed by atoms with Crippen LogP contribution in [0.4, 0.5) is 5.69 Å². The third kappa shape index (κ3) is 2.57. The summed E-state index contributed by atoms with van der Waals surface area (Å²) >= 11 is 7.20. The van der Waals surface area contributed by atoms with E-state index in [0.29, 0.717) is 26.9 Å². The minimum Gasteiger partial charge on any atom is -0.388 e. The summed E-state index contributed by atoms with van der Waals surface area (Å²) in [5.74, 6) is 0. The standard InChI is InChI=1S/C14H14ClNO3S2/c1-9-2-5-14(20-9)21(18,19)16-7-6-13(17)11-8-10(15)3-4-12(11)16/h2-5,8,13,17H,6-7H2,1H3. The molecule has 1 aromatic carbocycles. The fourth-order valence-corrected chi connectivity index (χ4v) is 5.53. The van der Waals surface area contributed by atoms with Crippen LogP contribution in [0.5, 0.6) is 0 Å². The van der Waals surface area contributed by atoms with Crippen molar-refractivity contribution in [1.29, 1.82) is 0 Å². The van der Waals surface area contributed by atoms with E-state index in [-0.39, 0.29) is 6.54 Å². The quantitative estimate of drug-likeness (QED) is 0.909. The third-order valence-electron chi connectivity index (χ3n) is 3.48. The van der Waals surface area contributed by atoms with Gasteiger partial charge in [-0.15, -0.1) is 11.3 Å². The lowest BCUT2D eigenvalue weighted by molar-refractivity contribution is 0.166. The number of thiophene rings is 1. The molecule has 0 saturated heterocycles. The van der Waals surface area contributed by atoms with Crippen molar-refractivity contribution in [2.45, 2.75) is 23.7 Å². The lowest BCUT2D eigenvalue weighted by atomic mass is 10.0. The van der Waals surface area contributed by atoms with Crippen LogP contribution in [-0.4, -0.2) is 20.1 Å². The van der Waals surface area contributed by atoms with Crippen molar-refractivity contribution in [3.05, 3.63) is 45.8 Å². The summed E-state index contributed by atoms with van der Waals surface area (Å²) in [7, 11) is -3.59. The molecule has 2 aromatic rings. The van der Waals surface area contributed by atoms with Gasteiger partial charge in [-0.1, -0.05) is 11.6 Å². The average Bonchev–Trinajstić information content (AvgIpc) is 2.87. The van der Waals surface area contributed by atoms with Crippen molar-refractivity contribution in [1.82, 2.24) is 0 Å². The predicted octanol–water partition coefficient (Wildman–Crippen LogP) is 3.34. The number of anilines is 1. The van der Waals surface area contributed by atoms with Crippen molar-refractivity contribution in [3.63, 3.8) is 0 Å². The van der Waals surface area contributed by atoms with Gasteiger partial charge in [0.1, 0.15) is 4.21 Å². The van der Waals surface area contributed by atoms with Gasteiger partial charge in [0, 0.05) is 22.0 Å². The van der Waals surface area contributed by atoms with Gasteiger partial charge in [-0.25, -0.2) is 8.42 Å². The fraction of sp³-hybridized carbons (Fsp3) is 0.286. The van der Waals surface area contributed by atoms with E-state index in [1.807, 2.05) is 6.92 Å². The van der Waals surface area contributed by atoms with E-state index in [2.05, 4.69) is 0 Å². The maximum absolute atomic E-state index is 12.8. The molecule has 0 radical (unpaired) electrons. The summed E-state index contributed by atoms with van der Waals surface area (Å²) in [5.41, 5.74) is 1.06. The number of hydrogen-bond acceptors (Lipinski definition) is 4. The first-order chi connectivity index (χ1) is 9.89. The zero-order valence-corrected chi connectivity index (χ0v) is 13.7. The van der Waals surface area contributed by atoms with Crippen LogP contribution in [0.2, 0.25) is 5.02 Å². The molecule has 1 aliphatic rings. The van der Waals surface area contributed by atoms with Gasteiger partial charge < -0.3 is 5.11 Å². The molecule has 3 rings (SSSR count). The number of benzene rings is 1. The van der Waals surface area contributed by atoms with Gasteiger partial charge in [0.15, 0.2) is 0 Å². The van der Waals surface area contributed by atoms with Crippen LogP contribution < -0.4 is 4.31 Å². The summed E-state index contributed by atoms with van der Waals surface area (Å²) in [4.78, 5) is 0.946. The molecule has 0 saturated carbocycles. The number of fused-ring (bicyclic) bond motifs is 1. The summed E-state index contributed by atoms with van der Waals surface area (Å²) in [6, 6.07) is 8.33. The van der Waals surface area contributed by atoms with Gasteiger partial charge in [0.2, 0.25) is 0 Å². The number of halogens is 1. The Labute approximate surface area is 132 Å². The Morgan fingerprint density at radius 1 is 1.33 bits per heavy atom. The molecular weight excluding hydrogens is 330 g/mol. The second-order valence-electron chi connectivity index (χ2n) is 4.95. The van der Waals surface area contributed by atoms with Crippen molar-refractivity contribution in [2.75, 3.05) is 10.8 Å². The van der Waals surface area contributed by atoms with Gasteiger partial charge in [-0.2, -0.15) is 0 Å². The van der Waals surface area contributed by atoms with Crippen molar-refractivity contribution >= 4 is 38.6 Å². The van der Waals surface area contributed by atoms with Crippen LogP contribution in [0.3, 0.4) is 0 Å². The van der Waals surface area contributed by atoms with Crippen molar-refractivity contribution in [3.8, 4) is 0 Å². The molecule has 2 heterocycles. The normalized spacial score (nSPS) is 18.6. The Morgan fingerprint density at radius 2 is 2.10 bits per heavy atom. The summed E-state index contributed by atoms with van der Waals surface area (Å²) in [5, 5.41) is 10.6. The maximum Gasteiger partial charge on any atom is 0.273 e. The van der Waals surface area contributed by atoms with Crippen LogP contribution in [0, 0.1) is 6.92 Å². The minimum atomic E-state index is -3.59. The van der Waals surface area contributed by atoms with Crippen molar-refractivity contribution in [2.24, 2.45) is 0 Å². The van der Waals surface area contributed by atoms with E-state index >= 15 is 0 Å². The minimum absolute atomic E-state index is 0.259. The molecule has 0 fully saturated rings. The van der Waals surface area contributed by atoms with E-state index in [1.165, 1.54) is 15.6 Å². The highest BCUT2D eigenvalue weighted by molar-refractivity contribution is 7.94. The number of aryl methyl sites for hydroxylation is 1. The zero-order valence-electron chi connectivity index (χ0n) is 11.3. The molecule has 112 valence electrons. The maximum atomic E-state index is 12.8. The molecule has 1 aliphatic heterocycles. The number of hydrogen-bond donors (Lipinski definition) is 1. The van der Waals surface area contributed by atoms with Gasteiger partial charge in [0.05, 0.1) is 11.8 Å². The summed E-state index contributed by atoms with van der Waals surface area (Å²) in [6.45, 7) is 2.13. The van der Waals surface area contributed by atoms with Gasteiger partial charge >= 0.3 is 0 Å². The highest BCUT2D eigenvalue weighted by Gasteiger charge is 2.33. The van der Waals surface area contributed by atoms with E-state index < -0.39 is 16.1 Å². The van der Waals surface area contributed by atoms with Crippen LogP contribution in [0.15, 0.2) is 34.5 Å². The Kier molecular flexibility index (Phi) is 3.73. The Hall–Kier alpha value is -1.08. The molecule has 0 bridgehead atoms. The highest BCUT2D eigenvalue weighted by Crippen LogP contribution is 2.39. The Balaban J connectivity index is 2.11. The van der Waals surface area contributed by atoms with E-state index in [1.54, 1.807) is 30.3 Å². The van der Waals surface area contributed by atoms with Crippen LogP contribution in [0.1, 0.15) is 23.0 Å². The van der Waals surface area contributed by atoms with Crippen LogP contribution in [-0.2, 0) is 10.0 Å². The molecule has 1 unspecified atom stereocenters. The molecule has 0 spiro atoms. The SMILES string of the molecule is Cc1ccc(S(=O)(=O)N2CCC(O)c3cc(Cl)ccc32)s1. The summed E-state index contributed by atoms with van der Waals surface area (Å²) < 4.78 is 27.2. The van der Waals surface area contributed by atoms with E-state index in [4.69, 9.17) is 11.6 Å². The molecule has 1 aromatic heterocycles. The molecule has 4 nitrogen and oxygen atoms in total. The largest absolute Gasteiger partial charge is 0.388 e. The molecule has 7 heteroatoms.